The zero-order valence-electron chi connectivity index (χ0n) is 17.3. The Labute approximate surface area is 180 Å². The number of ketones is 1. The maximum atomic E-state index is 12.4. The lowest BCUT2D eigenvalue weighted by atomic mass is 10.0. The van der Waals surface area contributed by atoms with Gasteiger partial charge < -0.3 is 14.8 Å². The van der Waals surface area contributed by atoms with Gasteiger partial charge in [0.15, 0.2) is 11.9 Å². The van der Waals surface area contributed by atoms with E-state index in [2.05, 4.69) is 5.32 Å². The molecule has 1 N–H and O–H groups in total. The van der Waals surface area contributed by atoms with Crippen LogP contribution < -0.4 is 10.1 Å². The number of amides is 1. The number of hydrogen-bond acceptors (Lipinski definition) is 5. The molecule has 158 valence electrons. The van der Waals surface area contributed by atoms with Gasteiger partial charge in [-0.1, -0.05) is 54.6 Å². The molecule has 0 aliphatic rings. The van der Waals surface area contributed by atoms with Gasteiger partial charge in [0.2, 0.25) is 0 Å². The molecule has 0 saturated carbocycles. The fraction of sp³-hybridized carbons (Fsp3) is 0.160. The van der Waals surface area contributed by atoms with Crippen molar-refractivity contribution in [2.75, 3.05) is 7.11 Å². The van der Waals surface area contributed by atoms with E-state index in [0.717, 1.165) is 11.3 Å². The number of ether oxygens (including phenoxy) is 2. The van der Waals surface area contributed by atoms with Crippen molar-refractivity contribution in [2.45, 2.75) is 19.6 Å². The van der Waals surface area contributed by atoms with Gasteiger partial charge in [0.1, 0.15) is 5.75 Å². The summed E-state index contributed by atoms with van der Waals surface area (Å²) in [4.78, 5) is 37.0. The predicted octanol–water partition coefficient (Wildman–Crippen LogP) is 3.79. The first-order chi connectivity index (χ1) is 15.0. The molecule has 3 aromatic rings. The van der Waals surface area contributed by atoms with E-state index in [4.69, 9.17) is 9.47 Å². The lowest BCUT2D eigenvalue weighted by Gasteiger charge is -2.14. The van der Waals surface area contributed by atoms with Gasteiger partial charge >= 0.3 is 5.97 Å². The van der Waals surface area contributed by atoms with Crippen LogP contribution in [-0.4, -0.2) is 30.9 Å². The standard InChI is InChI=1S/C25H23NO5/c1-17(24(28)26-16-18-8-14-22(30-2)15-9-18)31-25(29)21-12-10-20(11-13-21)23(27)19-6-4-3-5-7-19/h3-15,17H,16H2,1-2H3,(H,26,28)/t17-/m1/s1. The summed E-state index contributed by atoms with van der Waals surface area (Å²) in [5.41, 5.74) is 2.19. The molecule has 6 heteroatoms. The first-order valence-corrected chi connectivity index (χ1v) is 9.79. The van der Waals surface area contributed by atoms with Crippen molar-refractivity contribution in [3.05, 3.63) is 101 Å². The minimum atomic E-state index is -0.962. The van der Waals surface area contributed by atoms with Crippen molar-refractivity contribution in [3.8, 4) is 5.75 Å². The molecule has 0 bridgehead atoms. The average molecular weight is 417 g/mol. The molecule has 0 unspecified atom stereocenters. The van der Waals surface area contributed by atoms with Crippen molar-refractivity contribution >= 4 is 17.7 Å². The second-order valence-corrected chi connectivity index (χ2v) is 6.89. The third kappa shape index (κ3) is 5.79. The van der Waals surface area contributed by atoms with Crippen molar-refractivity contribution in [2.24, 2.45) is 0 Å². The van der Waals surface area contributed by atoms with Gasteiger partial charge in [-0.05, 0) is 36.8 Å². The quantitative estimate of drug-likeness (QED) is 0.446. The van der Waals surface area contributed by atoms with Gasteiger partial charge in [-0.3, -0.25) is 9.59 Å². The summed E-state index contributed by atoms with van der Waals surface area (Å²) in [6.07, 6.45) is -0.962. The second-order valence-electron chi connectivity index (χ2n) is 6.89. The van der Waals surface area contributed by atoms with Gasteiger partial charge in [0.05, 0.1) is 12.7 Å². The third-order valence-corrected chi connectivity index (χ3v) is 4.70. The van der Waals surface area contributed by atoms with E-state index in [-0.39, 0.29) is 11.3 Å². The van der Waals surface area contributed by atoms with Crippen LogP contribution in [0.15, 0.2) is 78.9 Å². The van der Waals surface area contributed by atoms with Gasteiger partial charge in [-0.2, -0.15) is 0 Å². The Hall–Kier alpha value is -3.93. The average Bonchev–Trinajstić information content (AvgIpc) is 2.82. The van der Waals surface area contributed by atoms with Crippen molar-refractivity contribution in [3.63, 3.8) is 0 Å². The highest BCUT2D eigenvalue weighted by Gasteiger charge is 2.19. The van der Waals surface area contributed by atoms with Crippen LogP contribution in [0, 0.1) is 0 Å². The van der Waals surface area contributed by atoms with E-state index in [9.17, 15) is 14.4 Å². The summed E-state index contributed by atoms with van der Waals surface area (Å²) in [7, 11) is 1.58. The van der Waals surface area contributed by atoms with Gasteiger partial charge in [0, 0.05) is 17.7 Å². The first-order valence-electron chi connectivity index (χ1n) is 9.79. The van der Waals surface area contributed by atoms with E-state index in [1.165, 1.54) is 19.1 Å². The summed E-state index contributed by atoms with van der Waals surface area (Å²) in [5, 5.41) is 2.73. The number of hydrogen-bond donors (Lipinski definition) is 1. The smallest absolute Gasteiger partial charge is 0.338 e. The molecular formula is C25H23NO5. The van der Waals surface area contributed by atoms with E-state index < -0.39 is 18.0 Å². The first kappa shape index (κ1) is 21.8. The number of carbonyl (C=O) groups excluding carboxylic acids is 3. The Morgan fingerprint density at radius 2 is 1.39 bits per heavy atom. The van der Waals surface area contributed by atoms with Crippen LogP contribution >= 0.6 is 0 Å². The number of esters is 1. The molecule has 3 rings (SSSR count). The molecule has 0 saturated heterocycles. The van der Waals surface area contributed by atoms with Gasteiger partial charge in [0.25, 0.3) is 5.91 Å². The Bertz CT molecular complexity index is 1040. The molecule has 31 heavy (non-hydrogen) atoms. The molecule has 0 radical (unpaired) electrons. The Balaban J connectivity index is 1.53. The van der Waals surface area contributed by atoms with Crippen LogP contribution in [0.3, 0.4) is 0 Å². The highest BCUT2D eigenvalue weighted by molar-refractivity contribution is 6.09. The van der Waals surface area contributed by atoms with Crippen LogP contribution in [0.5, 0.6) is 5.75 Å². The normalized spacial score (nSPS) is 11.3. The topological polar surface area (TPSA) is 81.7 Å². The summed E-state index contributed by atoms with van der Waals surface area (Å²) >= 11 is 0. The van der Waals surface area contributed by atoms with Crippen LogP contribution in [0.2, 0.25) is 0 Å². The molecule has 0 aliphatic carbocycles. The summed E-state index contributed by atoms with van der Waals surface area (Å²) < 4.78 is 10.4. The van der Waals surface area contributed by atoms with Gasteiger partial charge in [-0.15, -0.1) is 0 Å². The maximum absolute atomic E-state index is 12.4. The van der Waals surface area contributed by atoms with Crippen LogP contribution in [0.4, 0.5) is 0 Å². The molecule has 1 amide bonds. The van der Waals surface area contributed by atoms with E-state index in [1.54, 1.807) is 55.6 Å². The van der Waals surface area contributed by atoms with E-state index in [1.807, 2.05) is 18.2 Å². The monoisotopic (exact) mass is 417 g/mol. The molecule has 3 aromatic carbocycles. The number of nitrogens with one attached hydrogen (secondary N) is 1. The molecule has 0 heterocycles. The highest BCUT2D eigenvalue weighted by Crippen LogP contribution is 2.13. The van der Waals surface area contributed by atoms with E-state index in [0.29, 0.717) is 17.7 Å². The SMILES string of the molecule is COc1ccc(CNC(=O)[C@@H](C)OC(=O)c2ccc(C(=O)c3ccccc3)cc2)cc1. The number of rotatable bonds is 8. The number of carbonyl (C=O) groups is 3. The van der Waals surface area contributed by atoms with Crippen molar-refractivity contribution in [1.82, 2.24) is 5.32 Å². The molecule has 0 aromatic heterocycles. The Kier molecular flexibility index (Phi) is 7.17. The molecule has 1 atom stereocenters. The van der Waals surface area contributed by atoms with Gasteiger partial charge in [-0.25, -0.2) is 4.79 Å². The summed E-state index contributed by atoms with van der Waals surface area (Å²) in [5.74, 6) is -0.438. The minimum absolute atomic E-state index is 0.133. The molecule has 0 spiro atoms. The van der Waals surface area contributed by atoms with Crippen LogP contribution in [0.1, 0.15) is 38.8 Å². The second kappa shape index (κ2) is 10.2. The highest BCUT2D eigenvalue weighted by atomic mass is 16.5. The third-order valence-electron chi connectivity index (χ3n) is 4.70. The zero-order chi connectivity index (χ0) is 22.2. The fourth-order valence-electron chi connectivity index (χ4n) is 2.87. The molecule has 6 nitrogen and oxygen atoms in total. The van der Waals surface area contributed by atoms with Crippen LogP contribution in [-0.2, 0) is 16.1 Å². The largest absolute Gasteiger partial charge is 0.497 e. The fourth-order valence-corrected chi connectivity index (χ4v) is 2.87. The van der Waals surface area contributed by atoms with E-state index >= 15 is 0 Å². The molecule has 0 aliphatic heterocycles. The van der Waals surface area contributed by atoms with Crippen molar-refractivity contribution in [1.29, 1.82) is 0 Å². The Morgan fingerprint density at radius 3 is 2.00 bits per heavy atom. The van der Waals surface area contributed by atoms with Crippen molar-refractivity contribution < 1.29 is 23.9 Å². The van der Waals surface area contributed by atoms with Crippen LogP contribution in [0.25, 0.3) is 0 Å². The number of methoxy groups -OCH3 is 1. The lowest BCUT2D eigenvalue weighted by molar-refractivity contribution is -0.129. The summed E-state index contributed by atoms with van der Waals surface area (Å²) in [6.45, 7) is 1.82. The number of benzene rings is 3. The molecule has 0 fully saturated rings. The summed E-state index contributed by atoms with van der Waals surface area (Å²) in [6, 6.07) is 22.3. The lowest BCUT2D eigenvalue weighted by Crippen LogP contribution is -2.35. The predicted molar refractivity (Wildman–Crippen MR) is 116 cm³/mol. The molecular weight excluding hydrogens is 394 g/mol. The maximum Gasteiger partial charge on any atom is 0.338 e. The zero-order valence-corrected chi connectivity index (χ0v) is 17.3. The minimum Gasteiger partial charge on any atom is -0.497 e. The Morgan fingerprint density at radius 1 is 0.806 bits per heavy atom.